The third kappa shape index (κ3) is 5.74. The normalized spacial score (nSPS) is 12.6. The summed E-state index contributed by atoms with van der Waals surface area (Å²) in [6.45, 7) is 1.76. The van der Waals surface area contributed by atoms with Gasteiger partial charge in [-0.15, -0.1) is 0 Å². The summed E-state index contributed by atoms with van der Waals surface area (Å²) in [7, 11) is 0. The number of halogens is 4. The minimum atomic E-state index is -4.57. The van der Waals surface area contributed by atoms with Crippen LogP contribution in [0, 0.1) is 12.7 Å². The van der Waals surface area contributed by atoms with Crippen molar-refractivity contribution in [1.29, 1.82) is 0 Å². The van der Waals surface area contributed by atoms with Crippen molar-refractivity contribution in [2.24, 2.45) is 0 Å². The van der Waals surface area contributed by atoms with Crippen molar-refractivity contribution in [2.45, 2.75) is 24.6 Å². The van der Waals surface area contributed by atoms with Gasteiger partial charge in [-0.05, 0) is 47.4 Å². The summed E-state index contributed by atoms with van der Waals surface area (Å²) in [5.41, 5.74) is 1.68. The molecule has 0 aliphatic rings. The van der Waals surface area contributed by atoms with Crippen LogP contribution in [0.15, 0.2) is 71.6 Å². The van der Waals surface area contributed by atoms with E-state index < -0.39 is 28.9 Å². The van der Waals surface area contributed by atoms with Gasteiger partial charge in [0.05, 0.1) is 0 Å². The van der Waals surface area contributed by atoms with Gasteiger partial charge in [-0.2, -0.15) is 13.2 Å². The lowest BCUT2D eigenvalue weighted by Crippen LogP contribution is -2.23. The first-order valence-corrected chi connectivity index (χ1v) is 10.1. The molecular formula is C22H18F4O2S. The highest BCUT2D eigenvalue weighted by Gasteiger charge is 2.36. The third-order valence-electron chi connectivity index (χ3n) is 4.20. The Morgan fingerprint density at radius 3 is 2.38 bits per heavy atom. The van der Waals surface area contributed by atoms with E-state index in [1.165, 1.54) is 13.0 Å². The molecule has 0 amide bonds. The van der Waals surface area contributed by atoms with Crippen molar-refractivity contribution in [3.8, 4) is 16.9 Å². The second-order valence-electron chi connectivity index (χ2n) is 6.50. The number of aryl methyl sites for hydroxylation is 1. The lowest BCUT2D eigenvalue weighted by Gasteiger charge is -2.16. The van der Waals surface area contributed by atoms with Gasteiger partial charge in [-0.3, -0.25) is 0 Å². The smallest absolute Gasteiger partial charge is 0.433 e. The van der Waals surface area contributed by atoms with Crippen LogP contribution in [0.1, 0.15) is 11.1 Å². The van der Waals surface area contributed by atoms with Crippen LogP contribution in [0.4, 0.5) is 17.6 Å². The van der Waals surface area contributed by atoms with Crippen LogP contribution in [-0.2, 0) is 17.8 Å². The molecule has 0 bridgehead atoms. The summed E-state index contributed by atoms with van der Waals surface area (Å²) in [5.74, 6) is -1.58. The van der Waals surface area contributed by atoms with Crippen molar-refractivity contribution >= 4 is 11.2 Å². The predicted molar refractivity (Wildman–Crippen MR) is 105 cm³/mol. The van der Waals surface area contributed by atoms with Crippen molar-refractivity contribution in [3.63, 3.8) is 0 Å². The Bertz CT molecular complexity index is 974. The lowest BCUT2D eigenvalue weighted by atomic mass is 10.0. The summed E-state index contributed by atoms with van der Waals surface area (Å²) in [4.78, 5) is -0.0330. The molecule has 0 spiro atoms. The molecule has 152 valence electrons. The Morgan fingerprint density at radius 1 is 0.966 bits per heavy atom. The first-order chi connectivity index (χ1) is 13.7. The Labute approximate surface area is 169 Å². The Morgan fingerprint density at radius 2 is 1.69 bits per heavy atom. The molecule has 0 fully saturated rings. The molecule has 3 rings (SSSR count). The minimum absolute atomic E-state index is 0.0330. The summed E-state index contributed by atoms with van der Waals surface area (Å²) in [5, 5.41) is 0. The maximum Gasteiger partial charge on any atom is 0.433 e. The third-order valence-corrected chi connectivity index (χ3v) is 5.72. The van der Waals surface area contributed by atoms with Crippen molar-refractivity contribution < 1.29 is 26.9 Å². The van der Waals surface area contributed by atoms with E-state index in [1.54, 1.807) is 24.3 Å². The predicted octanol–water partition coefficient (Wildman–Crippen LogP) is 6.05. The Balaban J connectivity index is 1.87. The number of benzene rings is 3. The zero-order valence-electron chi connectivity index (χ0n) is 15.5. The van der Waals surface area contributed by atoms with Crippen LogP contribution < -0.4 is 4.74 Å². The molecule has 0 aliphatic heterocycles. The van der Waals surface area contributed by atoms with Crippen molar-refractivity contribution in [1.82, 2.24) is 0 Å². The fourth-order valence-corrected chi connectivity index (χ4v) is 3.96. The van der Waals surface area contributed by atoms with Gasteiger partial charge in [-0.1, -0.05) is 42.5 Å². The van der Waals surface area contributed by atoms with Crippen LogP contribution in [0.25, 0.3) is 11.1 Å². The Hall–Kier alpha value is -2.51. The minimum Gasteiger partial charge on any atom is -0.611 e. The van der Waals surface area contributed by atoms with Gasteiger partial charge in [0.25, 0.3) is 0 Å². The summed E-state index contributed by atoms with van der Waals surface area (Å²) >= 11 is -2.31. The molecule has 3 aromatic rings. The van der Waals surface area contributed by atoms with E-state index in [2.05, 4.69) is 0 Å². The lowest BCUT2D eigenvalue weighted by molar-refractivity contribution is -0.106. The average molecular weight is 422 g/mol. The largest absolute Gasteiger partial charge is 0.611 e. The second kappa shape index (κ2) is 8.88. The average Bonchev–Trinajstić information content (AvgIpc) is 2.66. The summed E-state index contributed by atoms with van der Waals surface area (Å²) in [6.07, 6.45) is -4.57. The van der Waals surface area contributed by atoms with Gasteiger partial charge >= 0.3 is 6.18 Å². The van der Waals surface area contributed by atoms with E-state index >= 15 is 0 Å². The molecule has 1 atom stereocenters. The fourth-order valence-electron chi connectivity index (χ4n) is 2.84. The highest BCUT2D eigenvalue weighted by atomic mass is 32.2. The van der Waals surface area contributed by atoms with E-state index in [0.717, 1.165) is 11.6 Å². The van der Waals surface area contributed by atoms with E-state index in [0.29, 0.717) is 17.9 Å². The van der Waals surface area contributed by atoms with Crippen LogP contribution >= 0.6 is 0 Å². The molecule has 0 aliphatic carbocycles. The molecular weight excluding hydrogens is 404 g/mol. The maximum absolute atomic E-state index is 14.5. The number of hydrogen-bond acceptors (Lipinski definition) is 2. The van der Waals surface area contributed by atoms with Gasteiger partial charge in [0.1, 0.15) is 18.2 Å². The molecule has 0 aromatic heterocycles. The van der Waals surface area contributed by atoms with E-state index in [4.69, 9.17) is 4.74 Å². The van der Waals surface area contributed by atoms with Gasteiger partial charge in [0.2, 0.25) is 5.75 Å². The second-order valence-corrected chi connectivity index (χ2v) is 7.92. The first kappa shape index (κ1) is 21.2. The van der Waals surface area contributed by atoms with Gasteiger partial charge in [-0.25, -0.2) is 4.39 Å². The zero-order chi connectivity index (χ0) is 21.0. The van der Waals surface area contributed by atoms with Crippen LogP contribution in [-0.4, -0.2) is 16.5 Å². The molecule has 3 aromatic carbocycles. The number of ether oxygens (including phenoxy) is 1. The zero-order valence-corrected chi connectivity index (χ0v) is 16.3. The number of alkyl halides is 3. The topological polar surface area (TPSA) is 32.3 Å². The molecule has 29 heavy (non-hydrogen) atoms. The quantitative estimate of drug-likeness (QED) is 0.358. The first-order valence-electron chi connectivity index (χ1n) is 8.75. The van der Waals surface area contributed by atoms with Gasteiger partial charge in [0.15, 0.2) is 4.90 Å². The number of hydrogen-bond donors (Lipinski definition) is 0. The molecule has 0 heterocycles. The molecule has 0 radical (unpaired) electrons. The van der Waals surface area contributed by atoms with Crippen LogP contribution in [0.5, 0.6) is 5.75 Å². The molecule has 0 saturated heterocycles. The monoisotopic (exact) mass is 422 g/mol. The van der Waals surface area contributed by atoms with E-state index in [9.17, 15) is 22.1 Å². The summed E-state index contributed by atoms with van der Waals surface area (Å²) < 4.78 is 70.3. The van der Waals surface area contributed by atoms with E-state index in [1.807, 2.05) is 30.3 Å². The summed E-state index contributed by atoms with van der Waals surface area (Å²) in [6, 6.07) is 18.4. The number of rotatable bonds is 6. The van der Waals surface area contributed by atoms with Crippen LogP contribution in [0.3, 0.4) is 0 Å². The van der Waals surface area contributed by atoms with Crippen molar-refractivity contribution in [2.75, 3.05) is 5.75 Å². The fraction of sp³-hybridized carbons (Fsp3) is 0.182. The van der Waals surface area contributed by atoms with E-state index in [-0.39, 0.29) is 16.0 Å². The molecule has 7 heteroatoms. The van der Waals surface area contributed by atoms with Crippen LogP contribution in [0.2, 0.25) is 0 Å². The maximum atomic E-state index is 14.5. The SMILES string of the molecule is Cc1cc(F)c(-c2cccc(OCc3ccccc3)c2)cc1[S+]([O-])CC(F)(F)F. The van der Waals surface area contributed by atoms with Gasteiger partial charge < -0.3 is 9.29 Å². The molecule has 0 N–H and O–H groups in total. The standard InChI is InChI=1S/C22H18F4O2S/c1-15-10-20(23)19(12-21(15)29(27)14-22(24,25)26)17-8-5-9-18(11-17)28-13-16-6-3-2-4-7-16/h2-12H,13-14H2,1H3. The molecule has 2 nitrogen and oxygen atoms in total. The molecule has 1 unspecified atom stereocenters. The highest BCUT2D eigenvalue weighted by Crippen LogP contribution is 2.32. The molecule has 0 saturated carbocycles. The van der Waals surface area contributed by atoms with Crippen molar-refractivity contribution in [3.05, 3.63) is 83.7 Å². The highest BCUT2D eigenvalue weighted by molar-refractivity contribution is 7.91. The van der Waals surface area contributed by atoms with Gasteiger partial charge in [0, 0.05) is 17.2 Å². The Kier molecular flexibility index (Phi) is 6.49.